The monoisotopic (exact) mass is 350 g/mol. The van der Waals surface area contributed by atoms with E-state index in [-0.39, 0.29) is 5.91 Å². The van der Waals surface area contributed by atoms with Gasteiger partial charge < -0.3 is 10.6 Å². The van der Waals surface area contributed by atoms with E-state index < -0.39 is 0 Å². The standard InChI is InChI=1S/C23H30N2O/c24-8-9-25-21-6-2-1-4-19(21)20(22(25)26)5-3-7-23-13-16-10-17(14-23)12-18(11-16)15-23/h1-2,4-6,16-18H,3,7-15,24H2/b20-5-. The van der Waals surface area contributed by atoms with Gasteiger partial charge in [0.2, 0.25) is 0 Å². The number of amides is 1. The predicted octanol–water partition coefficient (Wildman–Crippen LogP) is 4.37. The molecule has 5 aliphatic rings. The van der Waals surface area contributed by atoms with Gasteiger partial charge in [-0.05, 0) is 80.6 Å². The minimum absolute atomic E-state index is 0.141. The molecule has 4 saturated carbocycles. The summed E-state index contributed by atoms with van der Waals surface area (Å²) in [7, 11) is 0. The fourth-order valence-electron chi connectivity index (χ4n) is 6.97. The van der Waals surface area contributed by atoms with Crippen molar-refractivity contribution in [2.45, 2.75) is 51.4 Å². The zero-order valence-electron chi connectivity index (χ0n) is 15.6. The van der Waals surface area contributed by atoms with E-state index in [4.69, 9.17) is 5.73 Å². The molecule has 0 atom stereocenters. The highest BCUT2D eigenvalue weighted by atomic mass is 16.2. The molecule has 4 bridgehead atoms. The average molecular weight is 351 g/mol. The number of carbonyl (C=O) groups excluding carboxylic acids is 1. The first-order valence-electron chi connectivity index (χ1n) is 10.5. The van der Waals surface area contributed by atoms with Crippen LogP contribution in [0.5, 0.6) is 0 Å². The van der Waals surface area contributed by atoms with Gasteiger partial charge in [-0.3, -0.25) is 4.79 Å². The number of nitrogens with zero attached hydrogens (tertiary/aromatic N) is 1. The Labute approximate surface area is 156 Å². The van der Waals surface area contributed by atoms with Gasteiger partial charge in [0.1, 0.15) is 0 Å². The van der Waals surface area contributed by atoms with Crippen LogP contribution in [0, 0.1) is 23.2 Å². The van der Waals surface area contributed by atoms with Crippen molar-refractivity contribution in [1.29, 1.82) is 0 Å². The molecular weight excluding hydrogens is 320 g/mol. The molecule has 26 heavy (non-hydrogen) atoms. The Morgan fingerprint density at radius 3 is 2.38 bits per heavy atom. The lowest BCUT2D eigenvalue weighted by Crippen LogP contribution is -2.45. The van der Waals surface area contributed by atoms with Crippen LogP contribution in [0.25, 0.3) is 5.57 Å². The first-order valence-corrected chi connectivity index (χ1v) is 10.5. The van der Waals surface area contributed by atoms with E-state index >= 15 is 0 Å². The molecule has 138 valence electrons. The maximum atomic E-state index is 12.9. The molecule has 0 saturated heterocycles. The third-order valence-electron chi connectivity index (χ3n) is 7.50. The van der Waals surface area contributed by atoms with Crippen molar-refractivity contribution >= 4 is 17.2 Å². The van der Waals surface area contributed by atoms with Gasteiger partial charge in [0.05, 0.1) is 5.69 Å². The molecular formula is C23H30N2O. The van der Waals surface area contributed by atoms with Gasteiger partial charge in [0.25, 0.3) is 5.91 Å². The summed E-state index contributed by atoms with van der Waals surface area (Å²) in [5, 5.41) is 0. The molecule has 1 amide bonds. The number of carbonyl (C=O) groups is 1. The molecule has 0 aromatic heterocycles. The molecule has 1 aliphatic heterocycles. The molecule has 1 aromatic rings. The lowest BCUT2D eigenvalue weighted by molar-refractivity contribution is -0.113. The molecule has 2 N–H and O–H groups in total. The zero-order valence-corrected chi connectivity index (χ0v) is 15.6. The average Bonchev–Trinajstić information content (AvgIpc) is 2.87. The first kappa shape index (κ1) is 16.6. The number of hydrogen-bond acceptors (Lipinski definition) is 2. The van der Waals surface area contributed by atoms with E-state index in [0.717, 1.165) is 41.0 Å². The molecule has 6 rings (SSSR count). The van der Waals surface area contributed by atoms with Crippen LogP contribution in [0.3, 0.4) is 0 Å². The number of para-hydroxylation sites is 1. The minimum atomic E-state index is 0.141. The SMILES string of the molecule is NCCN1C(=O)/C(=C\CCC23CC4CC(CC(C4)C2)C3)c2ccccc21. The Morgan fingerprint density at radius 2 is 1.73 bits per heavy atom. The van der Waals surface area contributed by atoms with Crippen LogP contribution in [-0.4, -0.2) is 19.0 Å². The third kappa shape index (κ3) is 2.63. The number of allylic oxidation sites excluding steroid dienone is 1. The molecule has 1 heterocycles. The van der Waals surface area contributed by atoms with Crippen LogP contribution < -0.4 is 10.6 Å². The maximum Gasteiger partial charge on any atom is 0.258 e. The van der Waals surface area contributed by atoms with Crippen molar-refractivity contribution in [2.24, 2.45) is 28.9 Å². The van der Waals surface area contributed by atoms with Gasteiger partial charge in [-0.15, -0.1) is 0 Å². The Bertz CT molecular complexity index is 715. The van der Waals surface area contributed by atoms with Crippen LogP contribution in [0.4, 0.5) is 5.69 Å². The van der Waals surface area contributed by atoms with Crippen LogP contribution in [-0.2, 0) is 4.79 Å². The molecule has 0 radical (unpaired) electrons. The molecule has 3 nitrogen and oxygen atoms in total. The molecule has 1 aromatic carbocycles. The molecule has 3 heteroatoms. The lowest BCUT2D eigenvalue weighted by Gasteiger charge is -2.57. The van der Waals surface area contributed by atoms with Crippen molar-refractivity contribution in [1.82, 2.24) is 0 Å². The summed E-state index contributed by atoms with van der Waals surface area (Å²) < 4.78 is 0. The van der Waals surface area contributed by atoms with Gasteiger partial charge in [0, 0.05) is 24.2 Å². The molecule has 4 aliphatic carbocycles. The molecule has 4 fully saturated rings. The summed E-state index contributed by atoms with van der Waals surface area (Å²) in [6, 6.07) is 8.17. The largest absolute Gasteiger partial charge is 0.329 e. The first-order chi connectivity index (χ1) is 12.7. The molecule has 0 unspecified atom stereocenters. The second kappa shape index (κ2) is 6.23. The van der Waals surface area contributed by atoms with Crippen molar-refractivity contribution in [3.05, 3.63) is 35.9 Å². The van der Waals surface area contributed by atoms with E-state index in [1.807, 2.05) is 23.1 Å². The summed E-state index contributed by atoms with van der Waals surface area (Å²) in [6.07, 6.45) is 13.4. The summed E-state index contributed by atoms with van der Waals surface area (Å²) >= 11 is 0. The number of hydrogen-bond donors (Lipinski definition) is 1. The highest BCUT2D eigenvalue weighted by Gasteiger charge is 2.50. The summed E-state index contributed by atoms with van der Waals surface area (Å²) in [5.74, 6) is 3.15. The van der Waals surface area contributed by atoms with Crippen LogP contribution in [0.1, 0.15) is 56.9 Å². The van der Waals surface area contributed by atoms with Crippen molar-refractivity contribution in [3.63, 3.8) is 0 Å². The van der Waals surface area contributed by atoms with Crippen LogP contribution in [0.2, 0.25) is 0 Å². The fraction of sp³-hybridized carbons (Fsp3) is 0.609. The number of benzene rings is 1. The number of nitrogens with two attached hydrogens (primary N) is 1. The predicted molar refractivity (Wildman–Crippen MR) is 106 cm³/mol. The summed E-state index contributed by atoms with van der Waals surface area (Å²) in [4.78, 5) is 14.8. The van der Waals surface area contributed by atoms with Crippen LogP contribution >= 0.6 is 0 Å². The van der Waals surface area contributed by atoms with Crippen molar-refractivity contribution < 1.29 is 4.79 Å². The van der Waals surface area contributed by atoms with Crippen molar-refractivity contribution in [2.75, 3.05) is 18.0 Å². The smallest absolute Gasteiger partial charge is 0.258 e. The van der Waals surface area contributed by atoms with E-state index in [0.29, 0.717) is 18.5 Å². The number of fused-ring (bicyclic) bond motifs is 1. The van der Waals surface area contributed by atoms with E-state index in [2.05, 4.69) is 12.1 Å². The van der Waals surface area contributed by atoms with Gasteiger partial charge in [-0.1, -0.05) is 24.3 Å². The zero-order chi connectivity index (χ0) is 17.7. The Morgan fingerprint density at radius 1 is 1.08 bits per heavy atom. The normalized spacial score (nSPS) is 36.2. The highest BCUT2D eigenvalue weighted by Crippen LogP contribution is 2.61. The Kier molecular flexibility index (Phi) is 3.97. The summed E-state index contributed by atoms with van der Waals surface area (Å²) in [5.41, 5.74) is 9.34. The number of anilines is 1. The topological polar surface area (TPSA) is 46.3 Å². The molecule has 0 spiro atoms. The second-order valence-electron chi connectivity index (χ2n) is 9.34. The minimum Gasteiger partial charge on any atom is -0.329 e. The summed E-state index contributed by atoms with van der Waals surface area (Å²) in [6.45, 7) is 1.10. The fourth-order valence-corrected chi connectivity index (χ4v) is 6.97. The van der Waals surface area contributed by atoms with E-state index in [9.17, 15) is 4.79 Å². The number of rotatable bonds is 5. The third-order valence-corrected chi connectivity index (χ3v) is 7.50. The quantitative estimate of drug-likeness (QED) is 0.802. The van der Waals surface area contributed by atoms with Crippen molar-refractivity contribution in [3.8, 4) is 0 Å². The van der Waals surface area contributed by atoms with Gasteiger partial charge in [0.15, 0.2) is 0 Å². The second-order valence-corrected chi connectivity index (χ2v) is 9.34. The van der Waals surface area contributed by atoms with Gasteiger partial charge in [-0.2, -0.15) is 0 Å². The Balaban J connectivity index is 1.34. The van der Waals surface area contributed by atoms with Gasteiger partial charge in [-0.25, -0.2) is 0 Å². The lowest BCUT2D eigenvalue weighted by atomic mass is 9.48. The van der Waals surface area contributed by atoms with E-state index in [1.54, 1.807) is 0 Å². The Hall–Kier alpha value is -1.61. The van der Waals surface area contributed by atoms with Crippen LogP contribution in [0.15, 0.2) is 30.3 Å². The maximum absolute atomic E-state index is 12.9. The van der Waals surface area contributed by atoms with E-state index in [1.165, 1.54) is 44.9 Å². The highest BCUT2D eigenvalue weighted by molar-refractivity contribution is 6.32. The van der Waals surface area contributed by atoms with Gasteiger partial charge >= 0.3 is 0 Å².